The van der Waals surface area contributed by atoms with Gasteiger partial charge in [-0.25, -0.2) is 9.59 Å². The first-order valence-corrected chi connectivity index (χ1v) is 7.00. The molecule has 0 atom stereocenters. The van der Waals surface area contributed by atoms with Crippen molar-refractivity contribution < 1.29 is 14.7 Å². The van der Waals surface area contributed by atoms with Crippen LogP contribution >= 0.6 is 27.5 Å². The normalized spacial score (nSPS) is 10.2. The van der Waals surface area contributed by atoms with Gasteiger partial charge in [-0.3, -0.25) is 0 Å². The third kappa shape index (κ3) is 3.77. The van der Waals surface area contributed by atoms with Crippen molar-refractivity contribution in [1.29, 1.82) is 0 Å². The number of carboxylic acid groups (broad SMARTS) is 1. The summed E-state index contributed by atoms with van der Waals surface area (Å²) in [7, 11) is 0. The number of rotatable bonds is 3. The highest BCUT2D eigenvalue weighted by Crippen LogP contribution is 2.26. The molecule has 0 aliphatic rings. The smallest absolute Gasteiger partial charge is 0.354 e. The van der Waals surface area contributed by atoms with Gasteiger partial charge in [0.25, 0.3) is 0 Å². The summed E-state index contributed by atoms with van der Waals surface area (Å²) in [5.41, 5.74) is 1.27. The molecular formula is C13H11BrClN3O3. The Morgan fingerprint density at radius 3 is 2.52 bits per heavy atom. The fraction of sp³-hybridized carbons (Fsp3) is 0.0769. The van der Waals surface area contributed by atoms with E-state index in [9.17, 15) is 9.59 Å². The van der Waals surface area contributed by atoms with Crippen molar-refractivity contribution in [3.05, 3.63) is 45.1 Å². The van der Waals surface area contributed by atoms with E-state index >= 15 is 0 Å². The number of carbonyl (C=O) groups is 2. The van der Waals surface area contributed by atoms with Crippen LogP contribution in [0.2, 0.25) is 5.02 Å². The van der Waals surface area contributed by atoms with Crippen molar-refractivity contribution in [2.75, 3.05) is 10.6 Å². The number of aromatic amines is 1. The van der Waals surface area contributed by atoms with Gasteiger partial charge in [0.05, 0.1) is 11.4 Å². The molecule has 0 saturated heterocycles. The molecule has 8 heteroatoms. The fourth-order valence-corrected chi connectivity index (χ4v) is 2.51. The molecule has 0 radical (unpaired) electrons. The number of nitrogens with one attached hydrogen (secondary N) is 3. The average Bonchev–Trinajstić information content (AvgIpc) is 2.74. The minimum absolute atomic E-state index is 0.0715. The quantitative estimate of drug-likeness (QED) is 0.654. The zero-order chi connectivity index (χ0) is 15.6. The van der Waals surface area contributed by atoms with Crippen LogP contribution in [0.3, 0.4) is 0 Å². The number of anilines is 2. The van der Waals surface area contributed by atoms with E-state index in [1.54, 1.807) is 31.2 Å². The van der Waals surface area contributed by atoms with E-state index in [-0.39, 0.29) is 11.4 Å². The number of carbonyl (C=O) groups excluding carboxylic acids is 1. The molecule has 0 spiro atoms. The minimum Gasteiger partial charge on any atom is -0.477 e. The standard InChI is InChI=1S/C13H11BrClN3O3/c1-6-4-10(11(16-6)12(19)20)18-13(21)17-9-3-2-7(15)5-8(9)14/h2-5,16H,1H3,(H,19,20)(H2,17,18,21). The highest BCUT2D eigenvalue weighted by molar-refractivity contribution is 9.10. The lowest BCUT2D eigenvalue weighted by atomic mass is 10.3. The predicted molar refractivity (Wildman–Crippen MR) is 84.3 cm³/mol. The largest absolute Gasteiger partial charge is 0.477 e. The maximum atomic E-state index is 11.9. The van der Waals surface area contributed by atoms with Crippen LogP contribution in [0, 0.1) is 6.92 Å². The van der Waals surface area contributed by atoms with Gasteiger partial charge in [-0.1, -0.05) is 11.6 Å². The van der Waals surface area contributed by atoms with E-state index in [4.69, 9.17) is 16.7 Å². The predicted octanol–water partition coefficient (Wildman–Crippen LogP) is 4.08. The van der Waals surface area contributed by atoms with Crippen LogP contribution in [0.15, 0.2) is 28.7 Å². The Hall–Kier alpha value is -1.99. The van der Waals surface area contributed by atoms with Gasteiger partial charge in [0, 0.05) is 15.2 Å². The van der Waals surface area contributed by atoms with E-state index in [1.165, 1.54) is 0 Å². The van der Waals surface area contributed by atoms with Crippen molar-refractivity contribution in [1.82, 2.24) is 4.98 Å². The van der Waals surface area contributed by atoms with E-state index in [1.807, 2.05) is 0 Å². The number of carboxylic acids is 1. The summed E-state index contributed by atoms with van der Waals surface area (Å²) in [6, 6.07) is 5.89. The molecule has 2 amide bonds. The lowest BCUT2D eigenvalue weighted by Gasteiger charge is -2.09. The molecule has 1 heterocycles. The lowest BCUT2D eigenvalue weighted by molar-refractivity contribution is 0.0692. The molecule has 4 N–H and O–H groups in total. The number of aromatic nitrogens is 1. The minimum atomic E-state index is -1.15. The first-order chi connectivity index (χ1) is 9.86. The summed E-state index contributed by atoms with van der Waals surface area (Å²) in [5.74, 6) is -1.15. The van der Waals surface area contributed by atoms with Crippen LogP contribution in [-0.2, 0) is 0 Å². The summed E-state index contributed by atoms with van der Waals surface area (Å²) in [5, 5.41) is 14.6. The van der Waals surface area contributed by atoms with Crippen LogP contribution in [0.4, 0.5) is 16.2 Å². The van der Waals surface area contributed by atoms with Gasteiger partial charge in [-0.05, 0) is 47.1 Å². The Kier molecular flexibility index (Phi) is 4.54. The fourth-order valence-electron chi connectivity index (χ4n) is 1.72. The van der Waals surface area contributed by atoms with Crippen LogP contribution in [-0.4, -0.2) is 22.1 Å². The first-order valence-electron chi connectivity index (χ1n) is 5.83. The second-order valence-corrected chi connectivity index (χ2v) is 5.54. The molecule has 21 heavy (non-hydrogen) atoms. The zero-order valence-corrected chi connectivity index (χ0v) is 13.2. The molecule has 1 aromatic carbocycles. The molecule has 0 saturated carbocycles. The summed E-state index contributed by atoms with van der Waals surface area (Å²) in [6.45, 7) is 1.70. The van der Waals surface area contributed by atoms with Gasteiger partial charge in [0.15, 0.2) is 0 Å². The van der Waals surface area contributed by atoms with Crippen LogP contribution in [0.25, 0.3) is 0 Å². The molecule has 0 aliphatic heterocycles. The molecule has 6 nitrogen and oxygen atoms in total. The Balaban J connectivity index is 2.13. The molecule has 0 unspecified atom stereocenters. The van der Waals surface area contributed by atoms with Crippen molar-refractivity contribution in [3.63, 3.8) is 0 Å². The third-order valence-corrected chi connectivity index (χ3v) is 3.48. The molecule has 2 rings (SSSR count). The number of hydrogen-bond donors (Lipinski definition) is 4. The Labute approximate surface area is 133 Å². The topological polar surface area (TPSA) is 94.2 Å². The maximum absolute atomic E-state index is 11.9. The molecule has 2 aromatic rings. The monoisotopic (exact) mass is 371 g/mol. The first kappa shape index (κ1) is 15.4. The molecule has 0 bridgehead atoms. The number of halogens is 2. The number of hydrogen-bond acceptors (Lipinski definition) is 2. The summed E-state index contributed by atoms with van der Waals surface area (Å²) in [6.07, 6.45) is 0. The number of aromatic carboxylic acids is 1. The zero-order valence-electron chi connectivity index (χ0n) is 10.8. The number of amides is 2. The molecular weight excluding hydrogens is 362 g/mol. The summed E-state index contributed by atoms with van der Waals surface area (Å²) >= 11 is 9.09. The Morgan fingerprint density at radius 2 is 1.90 bits per heavy atom. The second-order valence-electron chi connectivity index (χ2n) is 4.25. The number of H-pyrrole nitrogens is 1. The SMILES string of the molecule is Cc1cc(NC(=O)Nc2ccc(Cl)cc2Br)c(C(=O)O)[nH]1. The number of benzene rings is 1. The van der Waals surface area contributed by atoms with Crippen LogP contribution in [0.5, 0.6) is 0 Å². The van der Waals surface area contributed by atoms with E-state index in [0.29, 0.717) is 20.9 Å². The third-order valence-electron chi connectivity index (χ3n) is 2.59. The molecule has 0 fully saturated rings. The molecule has 110 valence electrons. The van der Waals surface area contributed by atoms with Gasteiger partial charge >= 0.3 is 12.0 Å². The Bertz CT molecular complexity index is 715. The summed E-state index contributed by atoms with van der Waals surface area (Å²) in [4.78, 5) is 25.6. The van der Waals surface area contributed by atoms with Crippen LogP contribution < -0.4 is 10.6 Å². The van der Waals surface area contributed by atoms with Gasteiger partial charge in [0.2, 0.25) is 0 Å². The molecule has 1 aromatic heterocycles. The van der Waals surface area contributed by atoms with Gasteiger partial charge in [-0.2, -0.15) is 0 Å². The van der Waals surface area contributed by atoms with Crippen molar-refractivity contribution in [3.8, 4) is 0 Å². The van der Waals surface area contributed by atoms with Crippen molar-refractivity contribution >= 4 is 50.9 Å². The van der Waals surface area contributed by atoms with Crippen molar-refractivity contribution in [2.45, 2.75) is 6.92 Å². The van der Waals surface area contributed by atoms with Gasteiger partial charge in [0.1, 0.15) is 5.69 Å². The second kappa shape index (κ2) is 6.19. The van der Waals surface area contributed by atoms with E-state index in [2.05, 4.69) is 31.5 Å². The lowest BCUT2D eigenvalue weighted by Crippen LogP contribution is -2.20. The van der Waals surface area contributed by atoms with Gasteiger partial charge in [-0.15, -0.1) is 0 Å². The van der Waals surface area contributed by atoms with Crippen LogP contribution in [0.1, 0.15) is 16.2 Å². The van der Waals surface area contributed by atoms with E-state index < -0.39 is 12.0 Å². The Morgan fingerprint density at radius 1 is 1.24 bits per heavy atom. The summed E-state index contributed by atoms with van der Waals surface area (Å²) < 4.78 is 0.619. The number of aryl methyl sites for hydroxylation is 1. The number of urea groups is 1. The van der Waals surface area contributed by atoms with Crippen molar-refractivity contribution in [2.24, 2.45) is 0 Å². The average molecular weight is 373 g/mol. The maximum Gasteiger partial charge on any atom is 0.354 e. The molecule has 0 aliphatic carbocycles. The highest BCUT2D eigenvalue weighted by atomic mass is 79.9. The highest BCUT2D eigenvalue weighted by Gasteiger charge is 2.15. The van der Waals surface area contributed by atoms with E-state index in [0.717, 1.165) is 0 Å². The van der Waals surface area contributed by atoms with Gasteiger partial charge < -0.3 is 20.7 Å².